The molecule has 2 aliphatic rings. The van der Waals surface area contributed by atoms with Gasteiger partial charge >= 0.3 is 0 Å². The summed E-state index contributed by atoms with van der Waals surface area (Å²) in [5, 5.41) is 42.7. The van der Waals surface area contributed by atoms with E-state index in [2.05, 4.69) is 5.32 Å². The molecule has 0 aromatic rings. The van der Waals surface area contributed by atoms with Crippen molar-refractivity contribution in [2.45, 2.75) is 62.1 Å². The van der Waals surface area contributed by atoms with E-state index in [0.29, 0.717) is 0 Å². The molecule has 1 radical (unpaired) electrons. The third kappa shape index (κ3) is 5.00. The Balaban J connectivity index is 0.00000338. The summed E-state index contributed by atoms with van der Waals surface area (Å²) in [5.41, 5.74) is 7.98. The Morgan fingerprint density at radius 1 is 1.04 bits per heavy atom. The summed E-state index contributed by atoms with van der Waals surface area (Å²) in [6, 6.07) is -1.75. The molecule has 5 unspecified atom stereocenters. The van der Waals surface area contributed by atoms with Gasteiger partial charge in [-0.05, 0) is 7.05 Å². The molecule has 10 nitrogen and oxygen atoms in total. The fourth-order valence-corrected chi connectivity index (χ4v) is 3.31. The summed E-state index contributed by atoms with van der Waals surface area (Å²) in [6.45, 7) is 1.01. The van der Waals surface area contributed by atoms with E-state index in [4.69, 9.17) is 24.7 Å². The third-order valence-corrected chi connectivity index (χ3v) is 4.99. The largest absolute Gasteiger partial charge is 0.668 e. The summed E-state index contributed by atoms with van der Waals surface area (Å²) in [5.74, 6) is -0.328. The second-order valence-corrected chi connectivity index (χ2v) is 6.47. The Kier molecular flexibility index (Phi) is 10.5. The van der Waals surface area contributed by atoms with E-state index >= 15 is 0 Å². The van der Waals surface area contributed by atoms with Crippen LogP contribution in [-0.2, 0) is 51.7 Å². The van der Waals surface area contributed by atoms with Crippen molar-refractivity contribution < 1.29 is 72.1 Å². The van der Waals surface area contributed by atoms with Crippen LogP contribution in [0.2, 0.25) is 0 Å². The van der Waals surface area contributed by atoms with Crippen LogP contribution in [0.5, 0.6) is 0 Å². The van der Waals surface area contributed by atoms with Crippen LogP contribution >= 0.6 is 0 Å². The summed E-state index contributed by atoms with van der Waals surface area (Å²) < 4.78 is 22.0. The van der Waals surface area contributed by atoms with Gasteiger partial charge in [0.05, 0.1) is 37.6 Å². The van der Waals surface area contributed by atoms with Gasteiger partial charge in [0.1, 0.15) is 18.5 Å². The average Bonchev–Trinajstić information content (AvgIpc) is 2.62. The average molecular weight is 454 g/mol. The van der Waals surface area contributed by atoms with E-state index in [1.54, 1.807) is 14.0 Å². The van der Waals surface area contributed by atoms with Crippen molar-refractivity contribution in [2.75, 3.05) is 27.4 Å². The summed E-state index contributed by atoms with van der Waals surface area (Å²) >= 11 is 0. The molecule has 151 valence electrons. The zero-order valence-corrected chi connectivity index (χ0v) is 18.0. The van der Waals surface area contributed by atoms with E-state index in [-0.39, 0.29) is 45.2 Å². The molecule has 2 aliphatic heterocycles. The van der Waals surface area contributed by atoms with Gasteiger partial charge in [0, 0.05) is 45.7 Å². The smallest absolute Gasteiger partial charge is 0.176 e. The predicted octanol–water partition coefficient (Wildman–Crippen LogP) is -2.18. The molecule has 11 heteroatoms. The van der Waals surface area contributed by atoms with Gasteiger partial charge in [0.15, 0.2) is 6.29 Å². The first-order valence-corrected chi connectivity index (χ1v) is 8.34. The molecule has 0 saturated carbocycles. The number of hydrogen-bond acceptors (Lipinski definition) is 9. The standard InChI is InChI=1S/C15H29N2O8.Y/c1-6-7(4-18)23-15(10(17-2)11(6)20)25-13-8(5-19)24-14(22-3)9(16)12(13)21;/h6-21H,4-5H2,1-3H3;/q-1;/t6-,7?,8?,9?,10?,11+,12?,13-,14-,15+;/m1./s1. The third-order valence-electron chi connectivity index (χ3n) is 4.99. The SMILES string of the molecule is CNC1[C@H](O[C@@H]2C(CO)O[C@@H](OC)C([NH-])C2O)OC(CO)[C@@H](C)[C@@H]1O.[Y]. The first-order chi connectivity index (χ1) is 11.9. The fraction of sp³-hybridized carbons (Fsp3) is 1.00. The van der Waals surface area contributed by atoms with Crippen LogP contribution < -0.4 is 5.32 Å². The zero-order chi connectivity index (χ0) is 18.7. The summed E-state index contributed by atoms with van der Waals surface area (Å²) in [7, 11) is 2.98. The maximum Gasteiger partial charge on any atom is 0.176 e. The van der Waals surface area contributed by atoms with Crippen molar-refractivity contribution in [3.8, 4) is 0 Å². The monoisotopic (exact) mass is 454 g/mol. The van der Waals surface area contributed by atoms with E-state index in [1.165, 1.54) is 7.11 Å². The molecular formula is C15H29N2O8Y-. The van der Waals surface area contributed by atoms with Gasteiger partial charge in [-0.2, -0.15) is 0 Å². The summed E-state index contributed by atoms with van der Waals surface area (Å²) in [4.78, 5) is 0. The molecule has 0 aliphatic carbocycles. The molecule has 26 heavy (non-hydrogen) atoms. The van der Waals surface area contributed by atoms with Crippen LogP contribution in [0.4, 0.5) is 0 Å². The molecule has 2 saturated heterocycles. The molecule has 2 heterocycles. The summed E-state index contributed by atoms with van der Waals surface area (Å²) in [6.07, 6.45) is -6.76. The number of likely N-dealkylation sites (N-methyl/N-ethyl adjacent to an activating group) is 1. The van der Waals surface area contributed by atoms with Gasteiger partial charge in [-0.1, -0.05) is 13.0 Å². The normalized spacial score (nSPS) is 46.6. The Morgan fingerprint density at radius 3 is 2.12 bits per heavy atom. The van der Waals surface area contributed by atoms with Crippen LogP contribution in [0.15, 0.2) is 0 Å². The number of rotatable bonds is 6. The first-order valence-electron chi connectivity index (χ1n) is 8.34. The van der Waals surface area contributed by atoms with Gasteiger partial charge in [0.2, 0.25) is 0 Å². The molecule has 0 spiro atoms. The number of nitrogens with one attached hydrogen (secondary N) is 2. The quantitative estimate of drug-likeness (QED) is 0.301. The predicted molar refractivity (Wildman–Crippen MR) is 85.5 cm³/mol. The van der Waals surface area contributed by atoms with Crippen LogP contribution in [0.25, 0.3) is 5.73 Å². The van der Waals surface area contributed by atoms with Gasteiger partial charge < -0.3 is 50.4 Å². The molecular weight excluding hydrogens is 425 g/mol. The number of aliphatic hydroxyl groups is 4. The topological polar surface area (TPSA) is 154 Å². The number of methoxy groups -OCH3 is 1. The van der Waals surface area contributed by atoms with E-state index in [0.717, 1.165) is 0 Å². The molecule has 2 rings (SSSR count). The first kappa shape index (κ1) is 24.7. The van der Waals surface area contributed by atoms with Crippen LogP contribution in [0, 0.1) is 5.92 Å². The van der Waals surface area contributed by atoms with Gasteiger partial charge in [-0.25, -0.2) is 0 Å². The number of ether oxygens (including phenoxy) is 4. The van der Waals surface area contributed by atoms with Crippen molar-refractivity contribution in [3.63, 3.8) is 0 Å². The van der Waals surface area contributed by atoms with Gasteiger partial charge in [-0.15, -0.1) is 0 Å². The fourth-order valence-electron chi connectivity index (χ4n) is 3.31. The molecule has 6 N–H and O–H groups in total. The zero-order valence-electron chi connectivity index (χ0n) is 15.2. The second-order valence-electron chi connectivity index (χ2n) is 6.47. The minimum atomic E-state index is -1.29. The van der Waals surface area contributed by atoms with Crippen molar-refractivity contribution in [3.05, 3.63) is 5.73 Å². The number of aliphatic hydroxyl groups excluding tert-OH is 4. The minimum absolute atomic E-state index is 0. The Labute approximate surface area is 178 Å². The molecule has 0 bridgehead atoms. The molecule has 2 fully saturated rings. The van der Waals surface area contributed by atoms with E-state index in [9.17, 15) is 20.4 Å². The van der Waals surface area contributed by atoms with Gasteiger partial charge in [-0.3, -0.25) is 0 Å². The minimum Gasteiger partial charge on any atom is -0.668 e. The van der Waals surface area contributed by atoms with Crippen LogP contribution in [-0.4, -0.2) is 103 Å². The van der Waals surface area contributed by atoms with Crippen molar-refractivity contribution in [2.24, 2.45) is 5.92 Å². The van der Waals surface area contributed by atoms with Crippen molar-refractivity contribution >= 4 is 0 Å². The molecule has 0 aromatic heterocycles. The Morgan fingerprint density at radius 2 is 1.62 bits per heavy atom. The van der Waals surface area contributed by atoms with Crippen LogP contribution in [0.3, 0.4) is 0 Å². The second kappa shape index (κ2) is 11.0. The number of hydrogen-bond donors (Lipinski definition) is 5. The van der Waals surface area contributed by atoms with Crippen molar-refractivity contribution in [1.29, 1.82) is 0 Å². The Hall–Kier alpha value is 0.704. The van der Waals surface area contributed by atoms with E-state index < -0.39 is 61.8 Å². The molecule has 0 aromatic carbocycles. The Bertz CT molecular complexity index is 421. The van der Waals surface area contributed by atoms with E-state index in [1.807, 2.05) is 0 Å². The maximum absolute atomic E-state index is 10.4. The van der Waals surface area contributed by atoms with Gasteiger partial charge in [0.25, 0.3) is 0 Å². The molecule has 0 amide bonds. The molecule has 10 atom stereocenters. The maximum atomic E-state index is 10.4. The van der Waals surface area contributed by atoms with Crippen LogP contribution in [0.1, 0.15) is 6.92 Å². The van der Waals surface area contributed by atoms with Crippen molar-refractivity contribution in [1.82, 2.24) is 5.32 Å².